The molecule has 1 heterocycles. The molecule has 6 heteroatoms. The van der Waals surface area contributed by atoms with E-state index in [1.165, 1.54) is 0 Å². The van der Waals surface area contributed by atoms with Crippen LogP contribution in [0.25, 0.3) is 0 Å². The molecule has 2 fully saturated rings. The van der Waals surface area contributed by atoms with Crippen molar-refractivity contribution in [1.82, 2.24) is 9.03 Å². The second-order valence-electron chi connectivity index (χ2n) is 6.54. The average Bonchev–Trinajstić information content (AvgIpc) is 2.71. The van der Waals surface area contributed by atoms with Crippen LogP contribution in [-0.2, 0) is 10.2 Å². The van der Waals surface area contributed by atoms with Crippen LogP contribution >= 0.6 is 0 Å². The maximum absolute atomic E-state index is 12.6. The van der Waals surface area contributed by atoms with Crippen LogP contribution in [0.5, 0.6) is 0 Å². The van der Waals surface area contributed by atoms with Crippen molar-refractivity contribution in [3.63, 3.8) is 0 Å². The van der Waals surface area contributed by atoms with E-state index < -0.39 is 15.7 Å². The molecule has 0 aromatic heterocycles. The Morgan fingerprint density at radius 3 is 2.20 bits per heavy atom. The highest BCUT2D eigenvalue weighted by atomic mass is 32.2. The van der Waals surface area contributed by atoms with E-state index >= 15 is 0 Å². The minimum absolute atomic E-state index is 0.104. The van der Waals surface area contributed by atoms with Gasteiger partial charge in [0.2, 0.25) is 0 Å². The van der Waals surface area contributed by atoms with Crippen LogP contribution in [0.3, 0.4) is 0 Å². The molecule has 1 aliphatic heterocycles. The monoisotopic (exact) mass is 304 g/mol. The Morgan fingerprint density at radius 1 is 1.15 bits per heavy atom. The summed E-state index contributed by atoms with van der Waals surface area (Å²) in [4.78, 5) is 0. The van der Waals surface area contributed by atoms with E-state index in [9.17, 15) is 13.5 Å². The lowest BCUT2D eigenvalue weighted by Gasteiger charge is -2.39. The number of nitrogens with one attached hydrogen (secondary N) is 1. The topological polar surface area (TPSA) is 69.6 Å². The number of hydrogen-bond donors (Lipinski definition) is 2. The van der Waals surface area contributed by atoms with E-state index in [1.807, 2.05) is 0 Å². The Balaban J connectivity index is 2.05. The molecular formula is C14H28N2O3S. The summed E-state index contributed by atoms with van der Waals surface area (Å²) in [7, 11) is -3.47. The van der Waals surface area contributed by atoms with Gasteiger partial charge in [-0.2, -0.15) is 17.4 Å². The predicted molar refractivity (Wildman–Crippen MR) is 79.5 cm³/mol. The van der Waals surface area contributed by atoms with Crippen molar-refractivity contribution in [2.45, 2.75) is 63.8 Å². The van der Waals surface area contributed by atoms with Gasteiger partial charge in [-0.25, -0.2) is 0 Å². The normalized spacial score (nSPS) is 33.8. The molecule has 1 aliphatic carbocycles. The Labute approximate surface area is 122 Å². The molecule has 2 N–H and O–H groups in total. The fraction of sp³-hybridized carbons (Fsp3) is 1.00. The molecule has 1 saturated carbocycles. The summed E-state index contributed by atoms with van der Waals surface area (Å²) in [5.41, 5.74) is -0.641. The standard InChI is InChI=1S/C14H28N2O3S/c1-13-6-8-14(12-17,9-7-13)15-20(18,19)16-10-4-2-3-5-11-16/h13,15,17H,2-12H2,1H3. The van der Waals surface area contributed by atoms with Crippen LogP contribution < -0.4 is 4.72 Å². The van der Waals surface area contributed by atoms with Gasteiger partial charge < -0.3 is 5.11 Å². The number of rotatable bonds is 4. The SMILES string of the molecule is CC1CCC(CO)(NS(=O)(=O)N2CCCCCC2)CC1. The molecule has 0 unspecified atom stereocenters. The van der Waals surface area contributed by atoms with Gasteiger partial charge in [-0.1, -0.05) is 19.8 Å². The summed E-state index contributed by atoms with van der Waals surface area (Å²) in [6.07, 6.45) is 7.50. The van der Waals surface area contributed by atoms with Crippen LogP contribution in [0.1, 0.15) is 58.3 Å². The van der Waals surface area contributed by atoms with Gasteiger partial charge in [0, 0.05) is 13.1 Å². The Bertz CT molecular complexity index is 395. The highest BCUT2D eigenvalue weighted by molar-refractivity contribution is 7.87. The summed E-state index contributed by atoms with van der Waals surface area (Å²) in [6, 6.07) is 0. The molecular weight excluding hydrogens is 276 g/mol. The number of aliphatic hydroxyl groups is 1. The predicted octanol–water partition coefficient (Wildman–Crippen LogP) is 1.64. The largest absolute Gasteiger partial charge is 0.394 e. The van der Waals surface area contributed by atoms with Crippen LogP contribution in [0.4, 0.5) is 0 Å². The van der Waals surface area contributed by atoms with Gasteiger partial charge in [-0.3, -0.25) is 0 Å². The van der Waals surface area contributed by atoms with Crippen LogP contribution in [0.2, 0.25) is 0 Å². The zero-order valence-corrected chi connectivity index (χ0v) is 13.3. The first-order chi connectivity index (χ1) is 9.47. The summed E-state index contributed by atoms with van der Waals surface area (Å²) in [6.45, 7) is 3.29. The summed E-state index contributed by atoms with van der Waals surface area (Å²) >= 11 is 0. The zero-order valence-electron chi connectivity index (χ0n) is 12.5. The van der Waals surface area contributed by atoms with Crippen LogP contribution in [0, 0.1) is 5.92 Å². The maximum atomic E-state index is 12.6. The highest BCUT2D eigenvalue weighted by Crippen LogP contribution is 2.32. The van der Waals surface area contributed by atoms with E-state index in [0.717, 1.165) is 51.4 Å². The van der Waals surface area contributed by atoms with Crippen LogP contribution in [-0.4, -0.2) is 43.1 Å². The fourth-order valence-electron chi connectivity index (χ4n) is 3.23. The highest BCUT2D eigenvalue weighted by Gasteiger charge is 2.39. The van der Waals surface area contributed by atoms with Gasteiger partial charge in [0.25, 0.3) is 10.2 Å². The van der Waals surface area contributed by atoms with E-state index in [0.29, 0.717) is 19.0 Å². The molecule has 0 radical (unpaired) electrons. The maximum Gasteiger partial charge on any atom is 0.280 e. The Morgan fingerprint density at radius 2 is 1.70 bits per heavy atom. The Hall–Kier alpha value is -0.170. The van der Waals surface area contributed by atoms with Crippen molar-refractivity contribution in [2.24, 2.45) is 5.92 Å². The first-order valence-electron chi connectivity index (χ1n) is 7.87. The first-order valence-corrected chi connectivity index (χ1v) is 9.31. The molecule has 5 nitrogen and oxygen atoms in total. The average molecular weight is 304 g/mol. The van der Waals surface area contributed by atoms with Gasteiger partial charge in [0.1, 0.15) is 0 Å². The molecule has 0 atom stereocenters. The van der Waals surface area contributed by atoms with Crippen molar-refractivity contribution in [2.75, 3.05) is 19.7 Å². The molecule has 0 amide bonds. The van der Waals surface area contributed by atoms with E-state index in [1.54, 1.807) is 4.31 Å². The lowest BCUT2D eigenvalue weighted by molar-refractivity contribution is 0.123. The molecule has 2 aliphatic rings. The first kappa shape index (κ1) is 16.2. The molecule has 1 saturated heterocycles. The van der Waals surface area contributed by atoms with E-state index in [4.69, 9.17) is 0 Å². The molecule has 2 rings (SSSR count). The minimum atomic E-state index is -3.47. The Kier molecular flexibility index (Phi) is 5.45. The van der Waals surface area contributed by atoms with Crippen molar-refractivity contribution in [3.8, 4) is 0 Å². The molecule has 0 bridgehead atoms. The van der Waals surface area contributed by atoms with Crippen LogP contribution in [0.15, 0.2) is 0 Å². The van der Waals surface area contributed by atoms with Crippen molar-refractivity contribution < 1.29 is 13.5 Å². The minimum Gasteiger partial charge on any atom is -0.394 e. The summed E-state index contributed by atoms with van der Waals surface area (Å²) in [5, 5.41) is 9.70. The lowest BCUT2D eigenvalue weighted by atomic mass is 9.78. The number of nitrogens with zero attached hydrogens (tertiary/aromatic N) is 1. The quantitative estimate of drug-likeness (QED) is 0.829. The summed E-state index contributed by atoms with van der Waals surface area (Å²) < 4.78 is 29.5. The van der Waals surface area contributed by atoms with E-state index in [-0.39, 0.29) is 6.61 Å². The second kappa shape index (κ2) is 6.73. The van der Waals surface area contributed by atoms with E-state index in [2.05, 4.69) is 11.6 Å². The van der Waals surface area contributed by atoms with Crippen molar-refractivity contribution >= 4 is 10.2 Å². The van der Waals surface area contributed by atoms with Gasteiger partial charge >= 0.3 is 0 Å². The third-order valence-corrected chi connectivity index (χ3v) is 6.52. The molecule has 0 aromatic carbocycles. The number of hydrogen-bond acceptors (Lipinski definition) is 3. The fourth-order valence-corrected chi connectivity index (χ4v) is 4.91. The molecule has 118 valence electrons. The van der Waals surface area contributed by atoms with Gasteiger partial charge in [-0.15, -0.1) is 0 Å². The second-order valence-corrected chi connectivity index (χ2v) is 8.21. The third-order valence-electron chi connectivity index (χ3n) is 4.78. The smallest absolute Gasteiger partial charge is 0.280 e. The number of aliphatic hydroxyl groups excluding tert-OH is 1. The van der Waals surface area contributed by atoms with Gasteiger partial charge in [0.05, 0.1) is 12.1 Å². The zero-order chi connectivity index (χ0) is 14.6. The summed E-state index contributed by atoms with van der Waals surface area (Å²) in [5.74, 6) is 0.623. The van der Waals surface area contributed by atoms with Gasteiger partial charge in [0.15, 0.2) is 0 Å². The molecule has 0 aromatic rings. The van der Waals surface area contributed by atoms with Crippen molar-refractivity contribution in [1.29, 1.82) is 0 Å². The molecule has 20 heavy (non-hydrogen) atoms. The lowest BCUT2D eigenvalue weighted by Crippen LogP contribution is -2.57. The van der Waals surface area contributed by atoms with Gasteiger partial charge in [-0.05, 0) is 44.4 Å². The van der Waals surface area contributed by atoms with Crippen molar-refractivity contribution in [3.05, 3.63) is 0 Å². The third kappa shape index (κ3) is 3.93. The molecule has 0 spiro atoms.